The fraction of sp³-hybridized carbons (Fsp3) is 0.632. The second kappa shape index (κ2) is 8.54. The minimum absolute atomic E-state index is 0.0728. The molecule has 0 saturated carbocycles. The Labute approximate surface area is 150 Å². The summed E-state index contributed by atoms with van der Waals surface area (Å²) in [6.07, 6.45) is 0.535. The van der Waals surface area contributed by atoms with Gasteiger partial charge in [0.2, 0.25) is 5.91 Å². The van der Waals surface area contributed by atoms with E-state index in [1.807, 2.05) is 6.07 Å². The molecule has 0 unspecified atom stereocenters. The van der Waals surface area contributed by atoms with Crippen LogP contribution in [-0.4, -0.2) is 58.5 Å². The Kier molecular flexibility index (Phi) is 6.15. The Morgan fingerprint density at radius 3 is 2.24 bits per heavy atom. The number of morpholine rings is 2. The van der Waals surface area contributed by atoms with Gasteiger partial charge >= 0.3 is 0 Å². The molecule has 0 spiro atoms. The van der Waals surface area contributed by atoms with Crippen LogP contribution in [0.2, 0.25) is 0 Å². The third kappa shape index (κ3) is 4.86. The van der Waals surface area contributed by atoms with Crippen LogP contribution in [0.15, 0.2) is 18.2 Å². The van der Waals surface area contributed by atoms with Gasteiger partial charge in [-0.25, -0.2) is 0 Å². The molecule has 25 heavy (non-hydrogen) atoms. The van der Waals surface area contributed by atoms with Gasteiger partial charge in [-0.3, -0.25) is 4.79 Å². The van der Waals surface area contributed by atoms with Gasteiger partial charge < -0.3 is 24.6 Å². The van der Waals surface area contributed by atoms with Crippen molar-refractivity contribution >= 4 is 23.0 Å². The summed E-state index contributed by atoms with van der Waals surface area (Å²) in [6.45, 7) is 10.6. The maximum atomic E-state index is 12.3. The van der Waals surface area contributed by atoms with Crippen LogP contribution in [-0.2, 0) is 14.3 Å². The van der Waals surface area contributed by atoms with Crippen LogP contribution in [0.3, 0.4) is 0 Å². The first-order valence-corrected chi connectivity index (χ1v) is 9.23. The molecule has 2 aliphatic rings. The molecule has 1 amide bonds. The van der Waals surface area contributed by atoms with Crippen molar-refractivity contribution in [1.29, 1.82) is 0 Å². The largest absolute Gasteiger partial charge is 0.378 e. The molecule has 138 valence electrons. The number of carbonyl (C=O) groups is 1. The number of anilines is 3. The van der Waals surface area contributed by atoms with Gasteiger partial charge in [0, 0.05) is 38.3 Å². The number of nitrogens with one attached hydrogen (secondary N) is 1. The van der Waals surface area contributed by atoms with E-state index in [4.69, 9.17) is 9.47 Å². The Hall–Kier alpha value is -1.79. The van der Waals surface area contributed by atoms with Crippen LogP contribution in [0, 0.1) is 5.92 Å². The first-order chi connectivity index (χ1) is 12.1. The molecule has 0 bridgehead atoms. The maximum Gasteiger partial charge on any atom is 0.224 e. The molecule has 3 rings (SSSR count). The number of nitrogens with zero attached hydrogens (tertiary/aromatic N) is 2. The highest BCUT2D eigenvalue weighted by atomic mass is 16.5. The van der Waals surface area contributed by atoms with Crippen molar-refractivity contribution in [1.82, 2.24) is 0 Å². The van der Waals surface area contributed by atoms with E-state index in [2.05, 4.69) is 41.1 Å². The Morgan fingerprint density at radius 2 is 1.64 bits per heavy atom. The SMILES string of the molecule is CC(C)CC(=O)Nc1ccc(N2CCOCC2)cc1N1CCOCC1. The molecule has 1 aromatic carbocycles. The highest BCUT2D eigenvalue weighted by Crippen LogP contribution is 2.32. The first-order valence-electron chi connectivity index (χ1n) is 9.23. The van der Waals surface area contributed by atoms with Gasteiger partial charge in [-0.05, 0) is 24.1 Å². The van der Waals surface area contributed by atoms with Crippen LogP contribution >= 0.6 is 0 Å². The van der Waals surface area contributed by atoms with Gasteiger partial charge in [0.1, 0.15) is 0 Å². The highest BCUT2D eigenvalue weighted by molar-refractivity contribution is 5.95. The van der Waals surface area contributed by atoms with E-state index in [9.17, 15) is 4.79 Å². The lowest BCUT2D eigenvalue weighted by Crippen LogP contribution is -2.38. The van der Waals surface area contributed by atoms with Gasteiger partial charge in [0.05, 0.1) is 37.8 Å². The van der Waals surface area contributed by atoms with E-state index >= 15 is 0 Å². The monoisotopic (exact) mass is 347 g/mol. The van der Waals surface area contributed by atoms with Crippen molar-refractivity contribution in [3.63, 3.8) is 0 Å². The standard InChI is InChI=1S/C19H29N3O3/c1-15(2)13-19(23)20-17-4-3-16(21-5-9-24-10-6-21)14-18(17)22-7-11-25-12-8-22/h3-4,14-15H,5-13H2,1-2H3,(H,20,23). The molecular formula is C19H29N3O3. The molecule has 1 N–H and O–H groups in total. The third-order valence-corrected chi connectivity index (χ3v) is 4.58. The van der Waals surface area contributed by atoms with Gasteiger partial charge in [-0.2, -0.15) is 0 Å². The lowest BCUT2D eigenvalue weighted by molar-refractivity contribution is -0.116. The molecule has 0 aliphatic carbocycles. The van der Waals surface area contributed by atoms with Crippen LogP contribution in [0.1, 0.15) is 20.3 Å². The van der Waals surface area contributed by atoms with E-state index in [1.165, 1.54) is 5.69 Å². The molecule has 0 atom stereocenters. The molecule has 1 aromatic rings. The lowest BCUT2D eigenvalue weighted by Gasteiger charge is -2.33. The number of benzene rings is 1. The predicted octanol–water partition coefficient (Wildman–Crippen LogP) is 2.34. The van der Waals surface area contributed by atoms with Crippen LogP contribution in [0.25, 0.3) is 0 Å². The van der Waals surface area contributed by atoms with Crippen molar-refractivity contribution < 1.29 is 14.3 Å². The molecule has 2 fully saturated rings. The zero-order valence-corrected chi connectivity index (χ0v) is 15.3. The molecule has 2 aliphatic heterocycles. The fourth-order valence-electron chi connectivity index (χ4n) is 3.28. The topological polar surface area (TPSA) is 54.0 Å². The predicted molar refractivity (Wildman–Crippen MR) is 101 cm³/mol. The summed E-state index contributed by atoms with van der Waals surface area (Å²) in [5, 5.41) is 3.10. The summed E-state index contributed by atoms with van der Waals surface area (Å²) >= 11 is 0. The van der Waals surface area contributed by atoms with Crippen LogP contribution in [0.5, 0.6) is 0 Å². The quantitative estimate of drug-likeness (QED) is 0.886. The average Bonchev–Trinajstić information content (AvgIpc) is 2.63. The number of amides is 1. The fourth-order valence-corrected chi connectivity index (χ4v) is 3.28. The Morgan fingerprint density at radius 1 is 1.04 bits per heavy atom. The van der Waals surface area contributed by atoms with E-state index in [1.54, 1.807) is 0 Å². The van der Waals surface area contributed by atoms with Gasteiger partial charge in [0.15, 0.2) is 0 Å². The summed E-state index contributed by atoms with van der Waals surface area (Å²) in [4.78, 5) is 16.9. The zero-order chi connectivity index (χ0) is 17.6. The molecule has 6 heteroatoms. The van der Waals surface area contributed by atoms with Crippen molar-refractivity contribution in [2.45, 2.75) is 20.3 Å². The Bertz CT molecular complexity index is 579. The van der Waals surface area contributed by atoms with E-state index in [0.717, 1.165) is 64.0 Å². The zero-order valence-electron chi connectivity index (χ0n) is 15.3. The van der Waals surface area contributed by atoms with Gasteiger partial charge in [0.25, 0.3) is 0 Å². The minimum atomic E-state index is 0.0728. The smallest absolute Gasteiger partial charge is 0.224 e. The summed E-state index contributed by atoms with van der Waals surface area (Å²) in [5.41, 5.74) is 3.17. The van der Waals surface area contributed by atoms with Gasteiger partial charge in [-0.1, -0.05) is 13.8 Å². The molecule has 0 radical (unpaired) electrons. The number of hydrogen-bond acceptors (Lipinski definition) is 5. The second-order valence-electron chi connectivity index (χ2n) is 7.05. The van der Waals surface area contributed by atoms with Crippen molar-refractivity contribution in [2.24, 2.45) is 5.92 Å². The summed E-state index contributed by atoms with van der Waals surface area (Å²) in [7, 11) is 0. The first kappa shape index (κ1) is 18.0. The van der Waals surface area contributed by atoms with Crippen LogP contribution < -0.4 is 15.1 Å². The number of ether oxygens (including phenoxy) is 2. The normalized spacial score (nSPS) is 18.5. The second-order valence-corrected chi connectivity index (χ2v) is 7.05. The highest BCUT2D eigenvalue weighted by Gasteiger charge is 2.19. The summed E-state index contributed by atoms with van der Waals surface area (Å²) < 4.78 is 10.9. The minimum Gasteiger partial charge on any atom is -0.378 e. The van der Waals surface area contributed by atoms with Crippen molar-refractivity contribution in [3.05, 3.63) is 18.2 Å². The van der Waals surface area contributed by atoms with E-state index in [-0.39, 0.29) is 5.91 Å². The van der Waals surface area contributed by atoms with E-state index < -0.39 is 0 Å². The van der Waals surface area contributed by atoms with Crippen molar-refractivity contribution in [2.75, 3.05) is 67.7 Å². The Balaban J connectivity index is 1.83. The molecular weight excluding hydrogens is 318 g/mol. The van der Waals surface area contributed by atoms with Gasteiger partial charge in [-0.15, -0.1) is 0 Å². The van der Waals surface area contributed by atoms with Crippen molar-refractivity contribution in [3.8, 4) is 0 Å². The summed E-state index contributed by atoms with van der Waals surface area (Å²) in [6, 6.07) is 6.33. The third-order valence-electron chi connectivity index (χ3n) is 4.58. The molecule has 0 aromatic heterocycles. The maximum absolute atomic E-state index is 12.3. The van der Waals surface area contributed by atoms with E-state index in [0.29, 0.717) is 12.3 Å². The lowest BCUT2D eigenvalue weighted by atomic mass is 10.1. The average molecular weight is 347 g/mol. The van der Waals surface area contributed by atoms with Crippen LogP contribution in [0.4, 0.5) is 17.1 Å². The molecule has 2 saturated heterocycles. The number of carbonyl (C=O) groups excluding carboxylic acids is 1. The molecule has 6 nitrogen and oxygen atoms in total. The molecule has 2 heterocycles. The summed E-state index contributed by atoms with van der Waals surface area (Å²) in [5.74, 6) is 0.420. The number of rotatable bonds is 5. The number of hydrogen-bond donors (Lipinski definition) is 1.